The van der Waals surface area contributed by atoms with Crippen LogP contribution >= 0.6 is 0 Å². The molecule has 2 fully saturated rings. The number of benzene rings is 1. The summed E-state index contributed by atoms with van der Waals surface area (Å²) >= 11 is 0. The molecule has 0 saturated carbocycles. The zero-order valence-electron chi connectivity index (χ0n) is 12.1. The van der Waals surface area contributed by atoms with Crippen LogP contribution in [0.4, 0.5) is 13.2 Å². The average Bonchev–Trinajstić information content (AvgIpc) is 2.47. The van der Waals surface area contributed by atoms with E-state index in [1.54, 1.807) is 12.1 Å². The van der Waals surface area contributed by atoms with Gasteiger partial charge in [0.1, 0.15) is 0 Å². The van der Waals surface area contributed by atoms with Gasteiger partial charge in [-0.05, 0) is 37.1 Å². The molecule has 1 aromatic carbocycles. The predicted molar refractivity (Wildman–Crippen MR) is 75.9 cm³/mol. The van der Waals surface area contributed by atoms with Gasteiger partial charge in [0, 0.05) is 32.2 Å². The second-order valence-electron chi connectivity index (χ2n) is 6.12. The van der Waals surface area contributed by atoms with Crippen LogP contribution in [0.3, 0.4) is 0 Å². The molecule has 0 bridgehead atoms. The second-order valence-corrected chi connectivity index (χ2v) is 6.12. The molecule has 2 nitrogen and oxygen atoms in total. The largest absolute Gasteiger partial charge is 0.416 e. The van der Waals surface area contributed by atoms with Gasteiger partial charge in [0.15, 0.2) is 0 Å². The molecule has 0 amide bonds. The zero-order valence-corrected chi connectivity index (χ0v) is 12.1. The fraction of sp³-hybridized carbons (Fsp3) is 0.625. The SMILES string of the molecule is FC(F)(F)c1ccc(CN2CCN3CCCCC3C2)cc1. The summed E-state index contributed by atoms with van der Waals surface area (Å²) < 4.78 is 37.6. The van der Waals surface area contributed by atoms with Crippen molar-refractivity contribution < 1.29 is 13.2 Å². The molecule has 1 atom stereocenters. The standard InChI is InChI=1S/C16H21F3N2/c17-16(18,19)14-6-4-13(5-7-14)11-20-9-10-21-8-2-1-3-15(21)12-20/h4-7,15H,1-3,8-12H2. The second kappa shape index (κ2) is 5.97. The van der Waals surface area contributed by atoms with Crippen LogP contribution in [0.1, 0.15) is 30.4 Å². The first-order valence-corrected chi connectivity index (χ1v) is 7.65. The summed E-state index contributed by atoms with van der Waals surface area (Å²) in [4.78, 5) is 4.93. The molecule has 0 aromatic heterocycles. The normalized spacial score (nSPS) is 24.8. The third kappa shape index (κ3) is 3.58. The smallest absolute Gasteiger partial charge is 0.298 e. The number of rotatable bonds is 2. The first kappa shape index (κ1) is 14.9. The Hall–Kier alpha value is -1.07. The molecule has 2 heterocycles. The molecule has 1 aromatic rings. The Labute approximate surface area is 123 Å². The lowest BCUT2D eigenvalue weighted by atomic mass is 9.99. The Morgan fingerprint density at radius 3 is 2.48 bits per heavy atom. The van der Waals surface area contributed by atoms with Gasteiger partial charge in [0.05, 0.1) is 5.56 Å². The Kier molecular flexibility index (Phi) is 4.22. The molecule has 0 aliphatic carbocycles. The minimum Gasteiger partial charge on any atom is -0.298 e. The van der Waals surface area contributed by atoms with E-state index in [-0.39, 0.29) is 0 Å². The highest BCUT2D eigenvalue weighted by Gasteiger charge is 2.31. The van der Waals surface area contributed by atoms with Gasteiger partial charge in [-0.15, -0.1) is 0 Å². The highest BCUT2D eigenvalue weighted by Crippen LogP contribution is 2.29. The Morgan fingerprint density at radius 2 is 1.76 bits per heavy atom. The molecule has 0 N–H and O–H groups in total. The fourth-order valence-electron chi connectivity index (χ4n) is 3.42. The maximum atomic E-state index is 12.5. The quantitative estimate of drug-likeness (QED) is 0.826. The van der Waals surface area contributed by atoms with E-state index in [1.165, 1.54) is 37.9 Å². The van der Waals surface area contributed by atoms with Gasteiger partial charge >= 0.3 is 6.18 Å². The molecule has 0 radical (unpaired) electrons. The van der Waals surface area contributed by atoms with E-state index < -0.39 is 11.7 Å². The molecule has 2 aliphatic heterocycles. The number of fused-ring (bicyclic) bond motifs is 1. The van der Waals surface area contributed by atoms with Crippen LogP contribution in [-0.2, 0) is 12.7 Å². The van der Waals surface area contributed by atoms with Gasteiger partial charge in [-0.25, -0.2) is 0 Å². The first-order chi connectivity index (χ1) is 10.0. The van der Waals surface area contributed by atoms with Crippen LogP contribution in [0.5, 0.6) is 0 Å². The summed E-state index contributed by atoms with van der Waals surface area (Å²) in [6, 6.07) is 6.23. The highest BCUT2D eigenvalue weighted by molar-refractivity contribution is 5.24. The molecule has 3 rings (SSSR count). The van der Waals surface area contributed by atoms with E-state index in [4.69, 9.17) is 0 Å². The van der Waals surface area contributed by atoms with Gasteiger partial charge in [0.2, 0.25) is 0 Å². The number of piperidine rings is 1. The van der Waals surface area contributed by atoms with Crippen LogP contribution in [-0.4, -0.2) is 42.0 Å². The number of piperazine rings is 1. The predicted octanol–water partition coefficient (Wildman–Crippen LogP) is 3.38. The van der Waals surface area contributed by atoms with Crippen LogP contribution in [0, 0.1) is 0 Å². The number of nitrogens with zero attached hydrogens (tertiary/aromatic N) is 2. The molecule has 5 heteroatoms. The zero-order chi connectivity index (χ0) is 14.9. The number of hydrogen-bond donors (Lipinski definition) is 0. The van der Waals surface area contributed by atoms with Crippen LogP contribution in [0.15, 0.2) is 24.3 Å². The van der Waals surface area contributed by atoms with E-state index in [0.717, 1.165) is 31.7 Å². The summed E-state index contributed by atoms with van der Waals surface area (Å²) in [5, 5.41) is 0. The van der Waals surface area contributed by atoms with E-state index in [9.17, 15) is 13.2 Å². The molecule has 2 aliphatic rings. The first-order valence-electron chi connectivity index (χ1n) is 7.65. The van der Waals surface area contributed by atoms with E-state index in [1.807, 2.05) is 0 Å². The summed E-state index contributed by atoms with van der Waals surface area (Å²) in [6.07, 6.45) is -0.388. The van der Waals surface area contributed by atoms with Crippen molar-refractivity contribution in [3.63, 3.8) is 0 Å². The van der Waals surface area contributed by atoms with Gasteiger partial charge in [-0.2, -0.15) is 13.2 Å². The third-order valence-corrected chi connectivity index (χ3v) is 4.61. The van der Waals surface area contributed by atoms with E-state index >= 15 is 0 Å². The van der Waals surface area contributed by atoms with Crippen molar-refractivity contribution in [1.29, 1.82) is 0 Å². The van der Waals surface area contributed by atoms with E-state index in [0.29, 0.717) is 6.04 Å². The van der Waals surface area contributed by atoms with Gasteiger partial charge in [0.25, 0.3) is 0 Å². The van der Waals surface area contributed by atoms with Gasteiger partial charge in [-0.1, -0.05) is 18.6 Å². The maximum Gasteiger partial charge on any atom is 0.416 e. The summed E-state index contributed by atoms with van der Waals surface area (Å²) in [6.45, 7) is 5.10. The Morgan fingerprint density at radius 1 is 1.00 bits per heavy atom. The monoisotopic (exact) mass is 298 g/mol. The molecule has 1 unspecified atom stereocenters. The van der Waals surface area contributed by atoms with Crippen molar-refractivity contribution in [1.82, 2.24) is 9.80 Å². The fourth-order valence-corrected chi connectivity index (χ4v) is 3.42. The number of hydrogen-bond acceptors (Lipinski definition) is 2. The lowest BCUT2D eigenvalue weighted by Gasteiger charge is -2.44. The molecular weight excluding hydrogens is 277 g/mol. The minimum atomic E-state index is -4.24. The summed E-state index contributed by atoms with van der Waals surface area (Å²) in [5.74, 6) is 0. The lowest BCUT2D eigenvalue weighted by Crippen LogP contribution is -2.54. The molecule has 0 spiro atoms. The average molecular weight is 298 g/mol. The van der Waals surface area contributed by atoms with Crippen molar-refractivity contribution >= 4 is 0 Å². The summed E-state index contributed by atoms with van der Waals surface area (Å²) in [5.41, 5.74) is 0.399. The lowest BCUT2D eigenvalue weighted by molar-refractivity contribution is -0.137. The van der Waals surface area contributed by atoms with E-state index in [2.05, 4.69) is 9.80 Å². The van der Waals surface area contributed by atoms with Crippen molar-refractivity contribution in [3.05, 3.63) is 35.4 Å². The number of halogens is 3. The molecule has 2 saturated heterocycles. The van der Waals surface area contributed by atoms with Crippen molar-refractivity contribution in [3.8, 4) is 0 Å². The van der Waals surface area contributed by atoms with Crippen molar-refractivity contribution in [2.24, 2.45) is 0 Å². The van der Waals surface area contributed by atoms with Crippen LogP contribution in [0.2, 0.25) is 0 Å². The van der Waals surface area contributed by atoms with Gasteiger partial charge < -0.3 is 0 Å². The third-order valence-electron chi connectivity index (χ3n) is 4.61. The van der Waals surface area contributed by atoms with Gasteiger partial charge in [-0.3, -0.25) is 9.80 Å². The topological polar surface area (TPSA) is 6.48 Å². The Bertz CT molecular complexity index is 469. The van der Waals surface area contributed by atoms with Crippen LogP contribution in [0.25, 0.3) is 0 Å². The molecular formula is C16H21F3N2. The molecule has 116 valence electrons. The highest BCUT2D eigenvalue weighted by atomic mass is 19.4. The van der Waals surface area contributed by atoms with Crippen molar-refractivity contribution in [2.75, 3.05) is 26.2 Å². The maximum absolute atomic E-state index is 12.5. The molecule has 21 heavy (non-hydrogen) atoms. The minimum absolute atomic E-state index is 0.566. The van der Waals surface area contributed by atoms with Crippen molar-refractivity contribution in [2.45, 2.75) is 38.0 Å². The van der Waals surface area contributed by atoms with Crippen LogP contribution < -0.4 is 0 Å². The number of alkyl halides is 3. The summed E-state index contributed by atoms with van der Waals surface area (Å²) in [7, 11) is 0. The Balaban J connectivity index is 1.59.